The summed E-state index contributed by atoms with van der Waals surface area (Å²) < 4.78 is 13.8. The Morgan fingerprint density at radius 3 is 2.33 bits per heavy atom. The van der Waals surface area contributed by atoms with Crippen LogP contribution >= 0.6 is 0 Å². The average molecular weight is 286 g/mol. The van der Waals surface area contributed by atoms with Crippen molar-refractivity contribution in [2.75, 3.05) is 13.6 Å². The molecule has 0 aliphatic carbocycles. The highest BCUT2D eigenvalue weighted by Gasteiger charge is 2.16. The molecule has 2 atom stereocenters. The molecule has 2 unspecified atom stereocenters. The van der Waals surface area contributed by atoms with Crippen molar-refractivity contribution in [1.82, 2.24) is 4.90 Å². The summed E-state index contributed by atoms with van der Waals surface area (Å²) in [7, 11) is 2.01. The molecule has 0 saturated carbocycles. The zero-order valence-electron chi connectivity index (χ0n) is 12.7. The summed E-state index contributed by atoms with van der Waals surface area (Å²) in [5.41, 5.74) is 8.08. The van der Waals surface area contributed by atoms with E-state index in [0.29, 0.717) is 0 Å². The predicted octanol–water partition coefficient (Wildman–Crippen LogP) is 3.91. The van der Waals surface area contributed by atoms with E-state index in [-0.39, 0.29) is 17.9 Å². The van der Waals surface area contributed by atoms with Gasteiger partial charge in [-0.2, -0.15) is 0 Å². The number of nitrogens with zero attached hydrogens (tertiary/aromatic N) is 1. The molecule has 0 aliphatic heterocycles. The molecule has 0 saturated heterocycles. The number of benzene rings is 2. The van der Waals surface area contributed by atoms with Gasteiger partial charge in [-0.15, -0.1) is 0 Å². The van der Waals surface area contributed by atoms with Gasteiger partial charge in [0.05, 0.1) is 0 Å². The molecular weight excluding hydrogens is 263 g/mol. The fourth-order valence-corrected chi connectivity index (χ4v) is 2.45. The molecule has 0 aliphatic rings. The highest BCUT2D eigenvalue weighted by Crippen LogP contribution is 2.23. The van der Waals surface area contributed by atoms with Crippen LogP contribution in [0.4, 0.5) is 4.39 Å². The number of rotatable bonds is 6. The molecular formula is C18H23FN2. The fraction of sp³-hybridized carbons (Fsp3) is 0.333. The predicted molar refractivity (Wildman–Crippen MR) is 85.4 cm³/mol. The summed E-state index contributed by atoms with van der Waals surface area (Å²) in [6.45, 7) is 2.85. The molecule has 0 amide bonds. The van der Waals surface area contributed by atoms with Crippen molar-refractivity contribution in [1.29, 1.82) is 0 Å². The van der Waals surface area contributed by atoms with E-state index >= 15 is 0 Å². The van der Waals surface area contributed by atoms with E-state index in [1.54, 1.807) is 6.07 Å². The third-order valence-corrected chi connectivity index (χ3v) is 4.04. The first-order valence-corrected chi connectivity index (χ1v) is 7.34. The van der Waals surface area contributed by atoms with Crippen molar-refractivity contribution in [3.63, 3.8) is 0 Å². The van der Waals surface area contributed by atoms with Crippen molar-refractivity contribution < 1.29 is 4.39 Å². The molecule has 3 heteroatoms. The summed E-state index contributed by atoms with van der Waals surface area (Å²) in [6.07, 6.45) is 0.847. The zero-order chi connectivity index (χ0) is 15.2. The normalized spacial score (nSPS) is 14.1. The summed E-state index contributed by atoms with van der Waals surface area (Å²) in [5.74, 6) is -0.149. The van der Waals surface area contributed by atoms with Crippen LogP contribution in [-0.4, -0.2) is 18.5 Å². The quantitative estimate of drug-likeness (QED) is 0.872. The lowest BCUT2D eigenvalue weighted by atomic mass is 10.0. The standard InChI is InChI=1S/C18H23FN2/c1-14(16-10-6-7-11-17(16)19)21(2)13-12-18(20)15-8-4-3-5-9-15/h3-11,14,18H,12-13,20H2,1-2H3. The third-order valence-electron chi connectivity index (χ3n) is 4.04. The van der Waals surface area contributed by atoms with E-state index in [9.17, 15) is 4.39 Å². The lowest BCUT2D eigenvalue weighted by Gasteiger charge is -2.26. The molecule has 0 aromatic heterocycles. The van der Waals surface area contributed by atoms with E-state index in [1.807, 2.05) is 56.4 Å². The highest BCUT2D eigenvalue weighted by molar-refractivity contribution is 5.21. The minimum Gasteiger partial charge on any atom is -0.324 e. The smallest absolute Gasteiger partial charge is 0.127 e. The van der Waals surface area contributed by atoms with E-state index in [2.05, 4.69) is 4.90 Å². The van der Waals surface area contributed by atoms with Crippen LogP contribution in [0.3, 0.4) is 0 Å². The van der Waals surface area contributed by atoms with Crippen LogP contribution in [-0.2, 0) is 0 Å². The topological polar surface area (TPSA) is 29.3 Å². The van der Waals surface area contributed by atoms with Gasteiger partial charge in [-0.05, 0) is 32.0 Å². The lowest BCUT2D eigenvalue weighted by Crippen LogP contribution is -2.27. The SMILES string of the molecule is CC(c1ccccc1F)N(C)CCC(N)c1ccccc1. The summed E-state index contributed by atoms with van der Waals surface area (Å²) in [5, 5.41) is 0. The van der Waals surface area contributed by atoms with E-state index in [0.717, 1.165) is 24.1 Å². The van der Waals surface area contributed by atoms with Crippen molar-refractivity contribution in [2.45, 2.75) is 25.4 Å². The Hall–Kier alpha value is -1.71. The third kappa shape index (κ3) is 4.13. The van der Waals surface area contributed by atoms with Gasteiger partial charge < -0.3 is 5.73 Å². The van der Waals surface area contributed by atoms with Gasteiger partial charge >= 0.3 is 0 Å². The Morgan fingerprint density at radius 2 is 1.67 bits per heavy atom. The maximum atomic E-state index is 13.8. The highest BCUT2D eigenvalue weighted by atomic mass is 19.1. The first-order chi connectivity index (χ1) is 10.1. The minimum atomic E-state index is -0.149. The van der Waals surface area contributed by atoms with Crippen molar-refractivity contribution in [3.05, 3.63) is 71.5 Å². The average Bonchev–Trinajstić information content (AvgIpc) is 2.53. The number of hydrogen-bond donors (Lipinski definition) is 1. The first kappa shape index (κ1) is 15.7. The zero-order valence-corrected chi connectivity index (χ0v) is 12.7. The maximum Gasteiger partial charge on any atom is 0.127 e. The van der Waals surface area contributed by atoms with Crippen molar-refractivity contribution >= 4 is 0 Å². The van der Waals surface area contributed by atoms with Gasteiger partial charge in [0, 0.05) is 24.2 Å². The van der Waals surface area contributed by atoms with Crippen LogP contribution in [0.15, 0.2) is 54.6 Å². The molecule has 0 spiro atoms. The largest absolute Gasteiger partial charge is 0.324 e. The van der Waals surface area contributed by atoms with Gasteiger partial charge in [-0.3, -0.25) is 4.90 Å². The second kappa shape index (κ2) is 7.34. The summed E-state index contributed by atoms with van der Waals surface area (Å²) >= 11 is 0. The van der Waals surface area contributed by atoms with Gasteiger partial charge in [0.25, 0.3) is 0 Å². The van der Waals surface area contributed by atoms with E-state index in [1.165, 1.54) is 6.07 Å². The summed E-state index contributed by atoms with van der Waals surface area (Å²) in [4.78, 5) is 2.14. The van der Waals surface area contributed by atoms with Crippen LogP contribution < -0.4 is 5.73 Å². The Bertz CT molecular complexity index is 556. The second-order valence-corrected chi connectivity index (χ2v) is 5.48. The van der Waals surface area contributed by atoms with Gasteiger partial charge in [-0.25, -0.2) is 4.39 Å². The van der Waals surface area contributed by atoms with Crippen LogP contribution in [0.5, 0.6) is 0 Å². The Balaban J connectivity index is 1.93. The van der Waals surface area contributed by atoms with Gasteiger partial charge in [0.1, 0.15) is 5.82 Å². The molecule has 2 aromatic carbocycles. The second-order valence-electron chi connectivity index (χ2n) is 5.48. The van der Waals surface area contributed by atoms with Crippen LogP contribution in [0.25, 0.3) is 0 Å². The van der Waals surface area contributed by atoms with E-state index in [4.69, 9.17) is 5.73 Å². The van der Waals surface area contributed by atoms with Crippen molar-refractivity contribution in [3.8, 4) is 0 Å². The molecule has 2 aromatic rings. The molecule has 112 valence electrons. The van der Waals surface area contributed by atoms with E-state index < -0.39 is 0 Å². The Labute approximate surface area is 126 Å². The van der Waals surface area contributed by atoms with Crippen molar-refractivity contribution in [2.24, 2.45) is 5.73 Å². The fourth-order valence-electron chi connectivity index (χ4n) is 2.45. The van der Waals surface area contributed by atoms with Crippen LogP contribution in [0.2, 0.25) is 0 Å². The molecule has 0 fully saturated rings. The molecule has 21 heavy (non-hydrogen) atoms. The molecule has 0 bridgehead atoms. The van der Waals surface area contributed by atoms with Crippen LogP contribution in [0.1, 0.15) is 36.6 Å². The monoisotopic (exact) mass is 286 g/mol. The molecule has 0 heterocycles. The van der Waals surface area contributed by atoms with Gasteiger partial charge in [0.2, 0.25) is 0 Å². The Morgan fingerprint density at radius 1 is 1.05 bits per heavy atom. The number of nitrogens with two attached hydrogens (primary N) is 1. The lowest BCUT2D eigenvalue weighted by molar-refractivity contribution is 0.247. The van der Waals surface area contributed by atoms with Gasteiger partial charge in [-0.1, -0.05) is 48.5 Å². The first-order valence-electron chi connectivity index (χ1n) is 7.34. The number of halogens is 1. The number of hydrogen-bond acceptors (Lipinski definition) is 2. The Kier molecular flexibility index (Phi) is 5.48. The minimum absolute atomic E-state index is 0.0153. The molecule has 2 rings (SSSR count). The molecule has 2 N–H and O–H groups in total. The summed E-state index contributed by atoms with van der Waals surface area (Å²) in [6, 6.07) is 17.1. The van der Waals surface area contributed by atoms with Gasteiger partial charge in [0.15, 0.2) is 0 Å². The maximum absolute atomic E-state index is 13.8. The molecule has 2 nitrogen and oxygen atoms in total. The van der Waals surface area contributed by atoms with Crippen LogP contribution in [0, 0.1) is 5.82 Å². The molecule has 0 radical (unpaired) electrons.